The fraction of sp³-hybridized carbons (Fsp3) is 0.333. The van der Waals surface area contributed by atoms with Crippen LogP contribution in [-0.2, 0) is 0 Å². The molecule has 2 aromatic heterocycles. The molecule has 0 spiro atoms. The number of halogens is 1. The average Bonchev–Trinajstić information content (AvgIpc) is 2.82. The Kier molecular flexibility index (Phi) is 4.57. The maximum atomic E-state index is 13.3. The Bertz CT molecular complexity index is 616. The number of pyridine rings is 1. The number of carbonyl (C=O) groups is 1. The van der Waals surface area contributed by atoms with Crippen molar-refractivity contribution in [1.82, 2.24) is 15.2 Å². The van der Waals surface area contributed by atoms with Gasteiger partial charge in [0, 0.05) is 6.54 Å². The molecule has 0 fully saturated rings. The predicted octanol–water partition coefficient (Wildman–Crippen LogP) is 2.45. The van der Waals surface area contributed by atoms with Crippen molar-refractivity contribution in [3.8, 4) is 0 Å². The molecule has 2 aromatic rings. The van der Waals surface area contributed by atoms with Crippen LogP contribution in [0.1, 0.15) is 28.7 Å². The molecule has 0 bridgehead atoms. The second-order valence-corrected chi connectivity index (χ2v) is 5.24. The van der Waals surface area contributed by atoms with Crippen LogP contribution in [0.2, 0.25) is 0 Å². The van der Waals surface area contributed by atoms with Gasteiger partial charge in [-0.15, -0.1) is 10.2 Å². The lowest BCUT2D eigenvalue weighted by Gasteiger charge is -2.09. The molecular weight excluding hydrogens is 281 g/mol. The molecule has 0 atom stereocenters. The minimum atomic E-state index is -0.564. The van der Waals surface area contributed by atoms with Crippen molar-refractivity contribution in [1.29, 1.82) is 0 Å². The lowest BCUT2D eigenvalue weighted by molar-refractivity contribution is 0.102. The molecule has 6 nitrogen and oxygen atoms in total. The molecule has 0 radical (unpaired) electrons. The van der Waals surface area contributed by atoms with Gasteiger partial charge in [0.25, 0.3) is 5.91 Å². The van der Waals surface area contributed by atoms with Gasteiger partial charge in [0.05, 0.1) is 11.8 Å². The van der Waals surface area contributed by atoms with E-state index < -0.39 is 11.7 Å². The van der Waals surface area contributed by atoms with Crippen LogP contribution in [0.25, 0.3) is 0 Å². The molecule has 0 saturated carbocycles. The van der Waals surface area contributed by atoms with E-state index in [0.29, 0.717) is 17.5 Å². The monoisotopic (exact) mass is 295 g/mol. The first-order valence-electron chi connectivity index (χ1n) is 6.11. The smallest absolute Gasteiger partial charge is 0.261 e. The van der Waals surface area contributed by atoms with Crippen LogP contribution in [0.3, 0.4) is 0 Å². The highest BCUT2D eigenvalue weighted by molar-refractivity contribution is 7.15. The van der Waals surface area contributed by atoms with Crippen LogP contribution in [0.15, 0.2) is 12.3 Å². The van der Waals surface area contributed by atoms with Crippen LogP contribution >= 0.6 is 11.3 Å². The number of aryl methyl sites for hydroxylation is 1. The van der Waals surface area contributed by atoms with Gasteiger partial charge in [0.15, 0.2) is 0 Å². The molecular formula is C12H14FN5OS. The fourth-order valence-corrected chi connectivity index (χ4v) is 2.10. The van der Waals surface area contributed by atoms with Gasteiger partial charge in [0.2, 0.25) is 5.13 Å². The Morgan fingerprint density at radius 1 is 1.45 bits per heavy atom. The number of carbonyl (C=O) groups excluding carboxylic acids is 1. The Morgan fingerprint density at radius 3 is 2.90 bits per heavy atom. The standard InChI is InChI=1S/C12H14FN5OS/c1-3-4-14-10-9(5-8(13)6-15-10)11(19)16-12-18-17-7(2)20-12/h5-6H,3-4H2,1-2H3,(H,14,15)(H,16,18,19). The molecule has 106 valence electrons. The predicted molar refractivity (Wildman–Crippen MR) is 75.6 cm³/mol. The van der Waals surface area contributed by atoms with E-state index in [4.69, 9.17) is 0 Å². The number of nitrogens with zero attached hydrogens (tertiary/aromatic N) is 3. The summed E-state index contributed by atoms with van der Waals surface area (Å²) in [6.07, 6.45) is 1.94. The molecule has 0 aromatic carbocycles. The van der Waals surface area contributed by atoms with Gasteiger partial charge in [0.1, 0.15) is 16.6 Å². The van der Waals surface area contributed by atoms with Crippen molar-refractivity contribution in [2.24, 2.45) is 0 Å². The summed E-state index contributed by atoms with van der Waals surface area (Å²) >= 11 is 1.25. The fourth-order valence-electron chi connectivity index (χ4n) is 1.51. The molecule has 0 aliphatic rings. The van der Waals surface area contributed by atoms with E-state index in [1.54, 1.807) is 6.92 Å². The quantitative estimate of drug-likeness (QED) is 0.885. The number of aromatic nitrogens is 3. The van der Waals surface area contributed by atoms with Gasteiger partial charge >= 0.3 is 0 Å². The maximum absolute atomic E-state index is 13.3. The molecule has 2 rings (SSSR count). The summed E-state index contributed by atoms with van der Waals surface area (Å²) in [6, 6.07) is 1.15. The van der Waals surface area contributed by atoms with Crippen LogP contribution in [0, 0.1) is 12.7 Å². The van der Waals surface area contributed by atoms with E-state index in [9.17, 15) is 9.18 Å². The SMILES string of the molecule is CCCNc1ncc(F)cc1C(=O)Nc1nnc(C)s1. The Balaban J connectivity index is 2.21. The zero-order valence-electron chi connectivity index (χ0n) is 11.1. The van der Waals surface area contributed by atoms with E-state index >= 15 is 0 Å². The molecule has 0 saturated heterocycles. The van der Waals surface area contributed by atoms with Gasteiger partial charge < -0.3 is 5.32 Å². The summed E-state index contributed by atoms with van der Waals surface area (Å²) < 4.78 is 13.3. The topological polar surface area (TPSA) is 79.8 Å². The number of nitrogens with one attached hydrogen (secondary N) is 2. The highest BCUT2D eigenvalue weighted by Crippen LogP contribution is 2.18. The summed E-state index contributed by atoms with van der Waals surface area (Å²) in [7, 11) is 0. The van der Waals surface area contributed by atoms with E-state index in [1.165, 1.54) is 11.3 Å². The normalized spacial score (nSPS) is 10.3. The van der Waals surface area contributed by atoms with Crippen LogP contribution in [-0.4, -0.2) is 27.6 Å². The molecule has 0 aliphatic heterocycles. The number of rotatable bonds is 5. The van der Waals surface area contributed by atoms with Gasteiger partial charge in [-0.3, -0.25) is 10.1 Å². The average molecular weight is 295 g/mol. The Labute approximate surface area is 119 Å². The molecule has 2 heterocycles. The van der Waals surface area contributed by atoms with Crippen molar-refractivity contribution >= 4 is 28.2 Å². The van der Waals surface area contributed by atoms with E-state index in [0.717, 1.165) is 23.7 Å². The largest absolute Gasteiger partial charge is 0.369 e. The van der Waals surface area contributed by atoms with Gasteiger partial charge in [-0.1, -0.05) is 18.3 Å². The number of hydrogen-bond donors (Lipinski definition) is 2. The minimum Gasteiger partial charge on any atom is -0.369 e. The van der Waals surface area contributed by atoms with Gasteiger partial charge in [-0.05, 0) is 19.4 Å². The van der Waals surface area contributed by atoms with Crippen molar-refractivity contribution in [3.63, 3.8) is 0 Å². The second-order valence-electron chi connectivity index (χ2n) is 4.06. The second kappa shape index (κ2) is 6.38. The summed E-state index contributed by atoms with van der Waals surface area (Å²) in [5, 5.41) is 14.3. The zero-order valence-corrected chi connectivity index (χ0v) is 11.9. The molecule has 0 unspecified atom stereocenters. The van der Waals surface area contributed by atoms with E-state index in [1.807, 2.05) is 6.92 Å². The van der Waals surface area contributed by atoms with Crippen molar-refractivity contribution < 1.29 is 9.18 Å². The van der Waals surface area contributed by atoms with E-state index in [-0.39, 0.29) is 5.56 Å². The summed E-state index contributed by atoms with van der Waals surface area (Å²) in [5.41, 5.74) is 0.145. The summed E-state index contributed by atoms with van der Waals surface area (Å²) in [6.45, 7) is 4.42. The Hall–Kier alpha value is -2.09. The molecule has 8 heteroatoms. The first-order valence-corrected chi connectivity index (χ1v) is 6.92. The third kappa shape index (κ3) is 3.47. The number of hydrogen-bond acceptors (Lipinski definition) is 6. The van der Waals surface area contributed by atoms with Gasteiger partial charge in [-0.25, -0.2) is 9.37 Å². The third-order valence-corrected chi connectivity index (χ3v) is 3.14. The van der Waals surface area contributed by atoms with Crippen LogP contribution in [0.4, 0.5) is 15.3 Å². The number of anilines is 2. The van der Waals surface area contributed by atoms with Gasteiger partial charge in [-0.2, -0.15) is 0 Å². The minimum absolute atomic E-state index is 0.145. The van der Waals surface area contributed by atoms with Crippen molar-refractivity contribution in [2.75, 3.05) is 17.2 Å². The molecule has 2 N–H and O–H groups in total. The zero-order chi connectivity index (χ0) is 14.5. The highest BCUT2D eigenvalue weighted by Gasteiger charge is 2.15. The lowest BCUT2D eigenvalue weighted by atomic mass is 10.2. The molecule has 1 amide bonds. The van der Waals surface area contributed by atoms with Crippen molar-refractivity contribution in [3.05, 3.63) is 28.7 Å². The number of amides is 1. The first-order chi connectivity index (χ1) is 9.60. The maximum Gasteiger partial charge on any atom is 0.261 e. The van der Waals surface area contributed by atoms with Crippen LogP contribution in [0.5, 0.6) is 0 Å². The summed E-state index contributed by atoms with van der Waals surface area (Å²) in [4.78, 5) is 16.0. The van der Waals surface area contributed by atoms with Crippen molar-refractivity contribution in [2.45, 2.75) is 20.3 Å². The Morgan fingerprint density at radius 2 is 2.25 bits per heavy atom. The molecule has 20 heavy (non-hydrogen) atoms. The molecule has 0 aliphatic carbocycles. The van der Waals surface area contributed by atoms with E-state index in [2.05, 4.69) is 25.8 Å². The first kappa shape index (κ1) is 14.3. The lowest BCUT2D eigenvalue weighted by Crippen LogP contribution is -2.16. The highest BCUT2D eigenvalue weighted by atomic mass is 32.1. The van der Waals surface area contributed by atoms with Crippen LogP contribution < -0.4 is 10.6 Å². The third-order valence-electron chi connectivity index (χ3n) is 2.39. The summed E-state index contributed by atoms with van der Waals surface area (Å²) in [5.74, 6) is -0.676.